The fraction of sp³-hybridized carbons (Fsp3) is 0.154. The van der Waals surface area contributed by atoms with E-state index in [9.17, 15) is 4.57 Å². The number of hydrogen-bond acceptors (Lipinski definition) is 1. The molecule has 2 aromatic carbocycles. The largest absolute Gasteiger partial charge is 0.323 e. The molecule has 0 amide bonds. The number of fused-ring (bicyclic) bond motifs is 3. The molecule has 1 atom stereocenters. The molecule has 4 aromatic rings. The molecular weight excluding hydrogens is 373 g/mol. The Kier molecular flexibility index (Phi) is 4.33. The monoisotopic (exact) mass is 397 g/mol. The third-order valence-electron chi connectivity index (χ3n) is 5.85. The molecule has 0 aliphatic heterocycles. The summed E-state index contributed by atoms with van der Waals surface area (Å²) in [6.45, 7) is 3.66. The lowest BCUT2D eigenvalue weighted by Gasteiger charge is -2.16. The van der Waals surface area contributed by atoms with Crippen molar-refractivity contribution in [2.45, 2.75) is 12.3 Å². The highest BCUT2D eigenvalue weighted by atomic mass is 31.2. The molecule has 0 saturated carbocycles. The fourth-order valence-corrected chi connectivity index (χ4v) is 5.08. The van der Waals surface area contributed by atoms with Crippen LogP contribution in [0.3, 0.4) is 0 Å². The molecule has 144 valence electrons. The van der Waals surface area contributed by atoms with Crippen molar-refractivity contribution < 1.29 is 4.57 Å². The van der Waals surface area contributed by atoms with Gasteiger partial charge in [-0.05, 0) is 60.0 Å². The first-order chi connectivity index (χ1) is 14.0. The SMILES string of the molecule is CP(C)(=O)c1cccc(C2=CCC(c3cc4c5ccccc5ccn4c3)C=C2)c1. The summed E-state index contributed by atoms with van der Waals surface area (Å²) in [7, 11) is -2.25. The molecule has 2 heterocycles. The molecule has 0 saturated heterocycles. The van der Waals surface area contributed by atoms with Crippen LogP contribution in [0, 0.1) is 0 Å². The van der Waals surface area contributed by atoms with E-state index in [0.29, 0.717) is 5.92 Å². The lowest BCUT2D eigenvalue weighted by atomic mass is 9.89. The minimum absolute atomic E-state index is 0.379. The summed E-state index contributed by atoms with van der Waals surface area (Å²) in [4.78, 5) is 0. The lowest BCUT2D eigenvalue weighted by Crippen LogP contribution is -2.04. The zero-order chi connectivity index (χ0) is 20.0. The number of pyridine rings is 1. The van der Waals surface area contributed by atoms with Gasteiger partial charge in [-0.2, -0.15) is 0 Å². The quantitative estimate of drug-likeness (QED) is 0.363. The summed E-state index contributed by atoms with van der Waals surface area (Å²) in [5.74, 6) is 0.379. The minimum Gasteiger partial charge on any atom is -0.323 e. The van der Waals surface area contributed by atoms with E-state index in [0.717, 1.165) is 17.3 Å². The van der Waals surface area contributed by atoms with Crippen LogP contribution in [0.25, 0.3) is 21.9 Å². The molecule has 1 aliphatic carbocycles. The molecule has 0 spiro atoms. The van der Waals surface area contributed by atoms with Crippen molar-refractivity contribution in [3.8, 4) is 0 Å². The zero-order valence-electron chi connectivity index (χ0n) is 16.7. The Balaban J connectivity index is 1.45. The molecule has 1 aliphatic rings. The summed E-state index contributed by atoms with van der Waals surface area (Å²) < 4.78 is 14.7. The van der Waals surface area contributed by atoms with Crippen LogP contribution in [0.2, 0.25) is 0 Å². The van der Waals surface area contributed by atoms with E-state index in [-0.39, 0.29) is 0 Å². The molecule has 1 unspecified atom stereocenters. The lowest BCUT2D eigenvalue weighted by molar-refractivity contribution is 0.588. The maximum Gasteiger partial charge on any atom is 0.109 e. The highest BCUT2D eigenvalue weighted by molar-refractivity contribution is 7.70. The highest BCUT2D eigenvalue weighted by Crippen LogP contribution is 2.37. The minimum atomic E-state index is -2.25. The molecule has 2 nitrogen and oxygen atoms in total. The Bertz CT molecular complexity index is 1340. The van der Waals surface area contributed by atoms with E-state index in [1.54, 1.807) is 0 Å². The number of nitrogens with zero attached hydrogens (tertiary/aromatic N) is 1. The van der Waals surface area contributed by atoms with Crippen molar-refractivity contribution in [1.82, 2.24) is 4.40 Å². The summed E-state index contributed by atoms with van der Waals surface area (Å²) in [5.41, 5.74) is 4.96. The van der Waals surface area contributed by atoms with Crippen LogP contribution in [-0.2, 0) is 4.57 Å². The predicted octanol–water partition coefficient (Wildman–Crippen LogP) is 6.47. The van der Waals surface area contributed by atoms with Gasteiger partial charge in [0.15, 0.2) is 0 Å². The van der Waals surface area contributed by atoms with E-state index in [1.165, 1.54) is 27.4 Å². The predicted molar refractivity (Wildman–Crippen MR) is 125 cm³/mol. The van der Waals surface area contributed by atoms with Gasteiger partial charge < -0.3 is 8.97 Å². The van der Waals surface area contributed by atoms with E-state index >= 15 is 0 Å². The van der Waals surface area contributed by atoms with Gasteiger partial charge in [0, 0.05) is 29.0 Å². The van der Waals surface area contributed by atoms with Gasteiger partial charge in [0.1, 0.15) is 7.14 Å². The standard InChI is InChI=1S/C26H24NOP/c1-29(2,28)24-8-5-7-22(16-24)19-10-12-20(13-11-19)23-17-26-25-9-4-3-6-21(25)14-15-27(26)18-23/h3-12,14-18,20H,13H2,1-2H3. The molecule has 5 rings (SSSR count). The maximum absolute atomic E-state index is 12.4. The van der Waals surface area contributed by atoms with E-state index in [2.05, 4.69) is 83.6 Å². The van der Waals surface area contributed by atoms with Gasteiger partial charge >= 0.3 is 0 Å². The van der Waals surface area contributed by atoms with Crippen LogP contribution in [0.15, 0.2) is 91.3 Å². The molecule has 29 heavy (non-hydrogen) atoms. The first kappa shape index (κ1) is 18.2. The second-order valence-electron chi connectivity index (χ2n) is 8.23. The van der Waals surface area contributed by atoms with E-state index in [1.807, 2.05) is 25.5 Å². The average molecular weight is 397 g/mol. The Labute approximate surface area is 171 Å². The van der Waals surface area contributed by atoms with Crippen LogP contribution in [-0.4, -0.2) is 17.7 Å². The topological polar surface area (TPSA) is 21.5 Å². The average Bonchev–Trinajstić information content (AvgIpc) is 3.18. The van der Waals surface area contributed by atoms with E-state index in [4.69, 9.17) is 0 Å². The van der Waals surface area contributed by atoms with Gasteiger partial charge in [0.2, 0.25) is 0 Å². The maximum atomic E-state index is 12.4. The number of allylic oxidation sites excluding steroid dienone is 4. The third-order valence-corrected chi connectivity index (χ3v) is 7.37. The molecule has 2 aromatic heterocycles. The summed E-state index contributed by atoms with van der Waals surface area (Å²) in [6, 6.07) is 21.2. The molecular formula is C26H24NOP. The normalized spacial score (nSPS) is 17.0. The van der Waals surface area contributed by atoms with Crippen LogP contribution < -0.4 is 5.30 Å². The van der Waals surface area contributed by atoms with Crippen molar-refractivity contribution >= 4 is 34.3 Å². The van der Waals surface area contributed by atoms with Crippen molar-refractivity contribution in [2.75, 3.05) is 13.3 Å². The molecule has 0 N–H and O–H groups in total. The molecule has 0 fully saturated rings. The molecule has 0 bridgehead atoms. The second-order valence-corrected chi connectivity index (χ2v) is 11.4. The van der Waals surface area contributed by atoms with Gasteiger partial charge in [-0.3, -0.25) is 0 Å². The molecule has 3 heteroatoms. The Morgan fingerprint density at radius 2 is 1.86 bits per heavy atom. The Morgan fingerprint density at radius 3 is 2.66 bits per heavy atom. The number of aromatic nitrogens is 1. The van der Waals surface area contributed by atoms with Crippen molar-refractivity contribution in [2.24, 2.45) is 0 Å². The van der Waals surface area contributed by atoms with Crippen LogP contribution in [0.1, 0.15) is 23.5 Å². The third kappa shape index (κ3) is 3.39. The van der Waals surface area contributed by atoms with Gasteiger partial charge in [0.25, 0.3) is 0 Å². The van der Waals surface area contributed by atoms with Gasteiger partial charge in [0.05, 0.1) is 5.52 Å². The van der Waals surface area contributed by atoms with Crippen LogP contribution in [0.5, 0.6) is 0 Å². The summed E-state index contributed by atoms with van der Waals surface area (Å²) in [5, 5.41) is 3.50. The summed E-state index contributed by atoms with van der Waals surface area (Å²) in [6.07, 6.45) is 12.2. The second kappa shape index (κ2) is 6.90. The number of rotatable bonds is 3. The number of hydrogen-bond donors (Lipinski definition) is 0. The zero-order valence-corrected chi connectivity index (χ0v) is 17.6. The van der Waals surface area contributed by atoms with Crippen LogP contribution in [0.4, 0.5) is 0 Å². The van der Waals surface area contributed by atoms with Gasteiger partial charge in [-0.25, -0.2) is 0 Å². The van der Waals surface area contributed by atoms with Gasteiger partial charge in [-0.15, -0.1) is 0 Å². The Hall–Kier alpha value is -2.83. The van der Waals surface area contributed by atoms with Gasteiger partial charge in [-0.1, -0.05) is 60.7 Å². The van der Waals surface area contributed by atoms with Crippen molar-refractivity contribution in [1.29, 1.82) is 0 Å². The Morgan fingerprint density at radius 1 is 1.00 bits per heavy atom. The molecule has 0 radical (unpaired) electrons. The smallest absolute Gasteiger partial charge is 0.109 e. The summed E-state index contributed by atoms with van der Waals surface area (Å²) >= 11 is 0. The fourth-order valence-electron chi connectivity index (χ4n) is 4.18. The van der Waals surface area contributed by atoms with Crippen molar-refractivity contribution in [3.05, 3.63) is 102 Å². The first-order valence-corrected chi connectivity index (χ1v) is 12.6. The number of benzene rings is 2. The van der Waals surface area contributed by atoms with Crippen molar-refractivity contribution in [3.63, 3.8) is 0 Å². The van der Waals surface area contributed by atoms with E-state index < -0.39 is 7.14 Å². The first-order valence-electron chi connectivity index (χ1n) is 10.0. The highest BCUT2D eigenvalue weighted by Gasteiger charge is 2.16. The van der Waals surface area contributed by atoms with Crippen LogP contribution >= 0.6 is 7.14 Å².